The number of aliphatic hydroxyl groups is 3. The number of rotatable bonds is 8. The van der Waals surface area contributed by atoms with Crippen LogP contribution in [-0.2, 0) is 19.1 Å². The Morgan fingerprint density at radius 2 is 2.00 bits per heavy atom. The number of carboxylic acids is 1. The van der Waals surface area contributed by atoms with Crippen LogP contribution in [0.1, 0.15) is 12.5 Å². The van der Waals surface area contributed by atoms with Crippen molar-refractivity contribution in [2.24, 2.45) is 0 Å². The van der Waals surface area contributed by atoms with Crippen LogP contribution in [0, 0.1) is 0 Å². The molecule has 2 fully saturated rings. The van der Waals surface area contributed by atoms with E-state index in [0.29, 0.717) is 5.56 Å². The number of hydrogen-bond acceptors (Lipinski definition) is 12. The molecule has 3 rings (SSSR count). The van der Waals surface area contributed by atoms with Gasteiger partial charge in [-0.05, 0) is 23.8 Å². The number of thiocarbonyl (C=S) groups is 1. The molecule has 0 unspecified atom stereocenters. The number of carbonyl (C=O) groups excluding carboxylic acids is 3. The zero-order valence-electron chi connectivity index (χ0n) is 19.6. The van der Waals surface area contributed by atoms with Crippen LogP contribution in [0.2, 0.25) is 0 Å². The van der Waals surface area contributed by atoms with Crippen molar-refractivity contribution in [3.8, 4) is 11.5 Å². The molecule has 0 saturated carbocycles. The van der Waals surface area contributed by atoms with Gasteiger partial charge in [-0.3, -0.25) is 14.5 Å². The molecule has 2 saturated heterocycles. The fourth-order valence-corrected chi connectivity index (χ4v) is 4.74. The Hall–Kier alpha value is -2.79. The number of aliphatic carboxylic acids is 1. The number of amides is 2. The molecule has 1 aromatic rings. The predicted octanol–water partition coefficient (Wildman–Crippen LogP) is -1.65. The van der Waals surface area contributed by atoms with Crippen LogP contribution in [0.4, 0.5) is 0 Å². The van der Waals surface area contributed by atoms with Gasteiger partial charge in [-0.25, -0.2) is 0 Å². The van der Waals surface area contributed by atoms with E-state index in [9.17, 15) is 34.8 Å². The fraction of sp³-hybridized carbons (Fsp3) is 0.429. The summed E-state index contributed by atoms with van der Waals surface area (Å²) in [5.41, 5.74) is 0.509. The van der Waals surface area contributed by atoms with Crippen LogP contribution >= 0.6 is 24.0 Å². The number of nitrogens with one attached hydrogen (secondary N) is 1. The highest BCUT2D eigenvalue weighted by Crippen LogP contribution is 2.36. The molecule has 8 N–H and O–H groups in total. The van der Waals surface area contributed by atoms with Gasteiger partial charge >= 0.3 is 0 Å². The average molecular weight is 546 g/mol. The fourth-order valence-electron chi connectivity index (χ4n) is 3.48. The maximum absolute atomic E-state index is 12.5. The summed E-state index contributed by atoms with van der Waals surface area (Å²) in [6.07, 6.45) is -3.89. The summed E-state index contributed by atoms with van der Waals surface area (Å²) in [7, 11) is 1.37. The van der Waals surface area contributed by atoms with E-state index in [4.69, 9.17) is 26.4 Å². The lowest BCUT2D eigenvalue weighted by molar-refractivity contribution is -0.305. The van der Waals surface area contributed by atoms with Crippen molar-refractivity contribution in [3.63, 3.8) is 0 Å². The van der Waals surface area contributed by atoms with Gasteiger partial charge in [-0.15, -0.1) is 0 Å². The van der Waals surface area contributed by atoms with E-state index in [1.54, 1.807) is 6.07 Å². The molecule has 15 heteroatoms. The van der Waals surface area contributed by atoms with Crippen molar-refractivity contribution in [3.05, 3.63) is 28.7 Å². The van der Waals surface area contributed by atoms with Crippen LogP contribution < -0.4 is 26.0 Å². The van der Waals surface area contributed by atoms with Crippen molar-refractivity contribution < 1.29 is 49.0 Å². The quantitative estimate of drug-likeness (QED) is 0.183. The predicted molar refractivity (Wildman–Crippen MR) is 130 cm³/mol. The molecule has 13 nitrogen and oxygen atoms in total. The largest absolute Gasteiger partial charge is 0.548 e. The van der Waals surface area contributed by atoms with Crippen LogP contribution in [-0.4, -0.2) is 93.2 Å². The molecule has 0 spiro atoms. The van der Waals surface area contributed by atoms with Crippen molar-refractivity contribution in [2.75, 3.05) is 20.3 Å². The molecule has 5 atom stereocenters. The number of ether oxygens (including phenoxy) is 3. The smallest absolute Gasteiger partial charge is 0.266 e. The van der Waals surface area contributed by atoms with Gasteiger partial charge in [0.1, 0.15) is 28.7 Å². The normalized spacial score (nSPS) is 27.0. The Labute approximate surface area is 215 Å². The van der Waals surface area contributed by atoms with Gasteiger partial charge in [0.05, 0.1) is 31.1 Å². The summed E-state index contributed by atoms with van der Waals surface area (Å²) in [5, 5.41) is 43.3. The summed E-state index contributed by atoms with van der Waals surface area (Å²) in [4.78, 5) is 36.1. The molecule has 1 aromatic carbocycles. The topological polar surface area (TPSA) is 214 Å². The highest BCUT2D eigenvalue weighted by molar-refractivity contribution is 8.26. The summed E-state index contributed by atoms with van der Waals surface area (Å²) < 4.78 is 16.8. The lowest BCUT2D eigenvalue weighted by atomic mass is 9.97. The van der Waals surface area contributed by atoms with E-state index < -0.39 is 61.6 Å². The van der Waals surface area contributed by atoms with Gasteiger partial charge in [0.25, 0.3) is 5.91 Å². The van der Waals surface area contributed by atoms with E-state index in [2.05, 4.69) is 5.32 Å². The molecule has 0 aliphatic carbocycles. The minimum absolute atomic E-state index is 0. The third-order valence-electron chi connectivity index (χ3n) is 5.14. The molecule has 2 aliphatic heterocycles. The Balaban J connectivity index is 0.00000456. The Kier molecular flexibility index (Phi) is 10.2. The lowest BCUT2D eigenvalue weighted by Gasteiger charge is -2.42. The van der Waals surface area contributed by atoms with Crippen molar-refractivity contribution in [2.45, 2.75) is 37.6 Å². The Bertz CT molecular complexity index is 1050. The molecule has 36 heavy (non-hydrogen) atoms. The number of benzene rings is 1. The van der Waals surface area contributed by atoms with Crippen molar-refractivity contribution in [1.82, 2.24) is 16.4 Å². The van der Waals surface area contributed by atoms with Crippen LogP contribution in [0.15, 0.2) is 23.1 Å². The average Bonchev–Trinajstić information content (AvgIpc) is 3.06. The van der Waals surface area contributed by atoms with E-state index in [1.807, 2.05) is 0 Å². The number of carbonyl (C=O) groups is 3. The SMILES string of the molecule is COc1cc(/C=C2/SC(=S)N(CC(=O)[O-])C2=O)ccc1O[C@@H]1O[C@H](CO)[C@@H](O)[C@H](O)[C@H]1NC(C)=O.[NH4+]. The van der Waals surface area contributed by atoms with Crippen molar-refractivity contribution >= 4 is 52.2 Å². The third kappa shape index (κ3) is 6.50. The van der Waals surface area contributed by atoms with Gasteiger partial charge in [0, 0.05) is 6.92 Å². The van der Waals surface area contributed by atoms with Crippen LogP contribution in [0.25, 0.3) is 6.08 Å². The van der Waals surface area contributed by atoms with Crippen LogP contribution in [0.5, 0.6) is 11.5 Å². The van der Waals surface area contributed by atoms with E-state index in [-0.39, 0.29) is 26.9 Å². The second-order valence-corrected chi connectivity index (χ2v) is 9.28. The lowest BCUT2D eigenvalue weighted by Crippen LogP contribution is -2.65. The number of hydrogen-bond donors (Lipinski definition) is 5. The minimum atomic E-state index is -1.48. The van der Waals surface area contributed by atoms with Gasteiger partial charge < -0.3 is 50.9 Å². The highest BCUT2D eigenvalue weighted by atomic mass is 32.2. The first kappa shape index (κ1) is 29.4. The number of methoxy groups -OCH3 is 1. The molecular formula is C21H27N3O10S2. The zero-order chi connectivity index (χ0) is 25.9. The standard InChI is InChI=1S/C21H24N2O10S2.H3N/c1-9(25)22-16-18(29)17(28)13(8-24)33-20(16)32-11-4-3-10(5-12(11)31-2)6-14-19(30)23(7-15(26)27)21(34)35-14;/h3-6,13,16-18,20,24,28-29H,7-8H2,1-2H3,(H,22,25)(H,26,27);1H3/b14-6+;/t13-,16-,17-,18-,20-;/m1./s1. The second-order valence-electron chi connectivity index (χ2n) is 7.60. The Morgan fingerprint density at radius 3 is 2.58 bits per heavy atom. The molecule has 2 amide bonds. The summed E-state index contributed by atoms with van der Waals surface area (Å²) in [5.74, 6) is -2.15. The first-order valence-corrected chi connectivity index (χ1v) is 11.5. The Morgan fingerprint density at radius 1 is 1.31 bits per heavy atom. The van der Waals surface area contributed by atoms with E-state index >= 15 is 0 Å². The maximum Gasteiger partial charge on any atom is 0.266 e. The molecule has 2 aliphatic rings. The highest BCUT2D eigenvalue weighted by Gasteiger charge is 2.46. The molecule has 0 radical (unpaired) electrons. The van der Waals surface area contributed by atoms with Crippen LogP contribution in [0.3, 0.4) is 0 Å². The summed E-state index contributed by atoms with van der Waals surface area (Å²) in [6.45, 7) is -0.0271. The summed E-state index contributed by atoms with van der Waals surface area (Å²) in [6, 6.07) is 3.45. The van der Waals surface area contributed by atoms with E-state index in [0.717, 1.165) is 16.7 Å². The molecular weight excluding hydrogens is 518 g/mol. The van der Waals surface area contributed by atoms with E-state index in [1.165, 1.54) is 32.2 Å². The summed E-state index contributed by atoms with van der Waals surface area (Å²) >= 11 is 6.00. The molecule has 198 valence electrons. The second kappa shape index (κ2) is 12.4. The number of aliphatic hydroxyl groups excluding tert-OH is 3. The van der Waals surface area contributed by atoms with Crippen molar-refractivity contribution in [1.29, 1.82) is 0 Å². The number of carboxylic acid groups (broad SMARTS) is 1. The monoisotopic (exact) mass is 545 g/mol. The molecule has 2 heterocycles. The van der Waals surface area contributed by atoms with Gasteiger partial charge in [0.15, 0.2) is 11.5 Å². The first-order chi connectivity index (χ1) is 16.5. The first-order valence-electron chi connectivity index (χ1n) is 10.2. The zero-order valence-corrected chi connectivity index (χ0v) is 21.2. The maximum atomic E-state index is 12.5. The molecule has 0 aromatic heterocycles. The van der Waals surface area contributed by atoms with Gasteiger partial charge in [0.2, 0.25) is 12.2 Å². The van der Waals surface area contributed by atoms with Gasteiger partial charge in [-0.1, -0.05) is 30.0 Å². The third-order valence-corrected chi connectivity index (χ3v) is 6.52. The number of quaternary nitrogens is 1. The minimum Gasteiger partial charge on any atom is -0.548 e. The number of thioether (sulfide) groups is 1. The molecule has 0 bridgehead atoms. The number of nitrogens with zero attached hydrogens (tertiary/aromatic N) is 1. The van der Waals surface area contributed by atoms with Gasteiger partial charge in [-0.2, -0.15) is 0 Å².